The third kappa shape index (κ3) is 3.86. The summed E-state index contributed by atoms with van der Waals surface area (Å²) in [5.74, 6) is 0. The smallest absolute Gasteiger partial charge is 0.0472 e. The highest BCUT2D eigenvalue weighted by atomic mass is 32.2. The van der Waals surface area contributed by atoms with E-state index in [1.807, 2.05) is 0 Å². The van der Waals surface area contributed by atoms with Gasteiger partial charge in [0.2, 0.25) is 0 Å². The zero-order valence-electron chi connectivity index (χ0n) is 12.1. The molecule has 0 bridgehead atoms. The third-order valence-corrected chi connectivity index (χ3v) is 5.39. The first-order valence-corrected chi connectivity index (χ1v) is 8.18. The molecule has 2 unspecified atom stereocenters. The van der Waals surface area contributed by atoms with E-state index in [1.54, 1.807) is 0 Å². The maximum absolute atomic E-state index is 5.55. The number of hydrogen-bond acceptors (Lipinski definition) is 4. The van der Waals surface area contributed by atoms with Gasteiger partial charge in [-0.1, -0.05) is 13.8 Å². The molecule has 0 saturated carbocycles. The van der Waals surface area contributed by atoms with Crippen LogP contribution in [0, 0.1) is 5.41 Å². The quantitative estimate of drug-likeness (QED) is 0.844. The van der Waals surface area contributed by atoms with Crippen molar-refractivity contribution in [3.8, 4) is 0 Å². The number of rotatable bonds is 4. The number of thioether (sulfide) groups is 1. The highest BCUT2D eigenvalue weighted by Crippen LogP contribution is 2.33. The Balaban J connectivity index is 1.95. The molecule has 0 aromatic rings. The minimum atomic E-state index is 0.439. The molecule has 1 N–H and O–H groups in total. The van der Waals surface area contributed by atoms with Crippen LogP contribution in [0.1, 0.15) is 26.7 Å². The van der Waals surface area contributed by atoms with E-state index in [0.29, 0.717) is 5.41 Å². The summed E-state index contributed by atoms with van der Waals surface area (Å²) in [4.78, 5) is 2.69. The number of nitrogens with zero attached hydrogens (tertiary/aromatic N) is 1. The van der Waals surface area contributed by atoms with E-state index in [4.69, 9.17) is 4.74 Å². The van der Waals surface area contributed by atoms with Crippen molar-refractivity contribution < 1.29 is 4.74 Å². The number of hydrogen-bond donors (Lipinski definition) is 1. The normalized spacial score (nSPS) is 33.5. The van der Waals surface area contributed by atoms with E-state index in [0.717, 1.165) is 30.3 Å². The maximum atomic E-state index is 5.55. The van der Waals surface area contributed by atoms with E-state index in [-0.39, 0.29) is 0 Å². The lowest BCUT2D eigenvalue weighted by Crippen LogP contribution is -2.51. The molecule has 0 radical (unpaired) electrons. The van der Waals surface area contributed by atoms with Crippen molar-refractivity contribution in [1.29, 1.82) is 0 Å². The lowest BCUT2D eigenvalue weighted by atomic mass is 9.79. The molecule has 0 aliphatic carbocycles. The molecule has 0 aromatic carbocycles. The SMILES string of the molecule is CNCC1(CN2CC(C)SC(C)C2)CCOCC1. The second kappa shape index (κ2) is 6.60. The van der Waals surface area contributed by atoms with Crippen LogP contribution >= 0.6 is 11.8 Å². The van der Waals surface area contributed by atoms with Gasteiger partial charge in [0.25, 0.3) is 0 Å². The molecular formula is C14H28N2OS. The lowest BCUT2D eigenvalue weighted by molar-refractivity contribution is -0.00370. The first-order chi connectivity index (χ1) is 8.63. The summed E-state index contributed by atoms with van der Waals surface area (Å²) in [6.45, 7) is 11.5. The van der Waals surface area contributed by atoms with Gasteiger partial charge in [-0.05, 0) is 25.3 Å². The fourth-order valence-electron chi connectivity index (χ4n) is 3.46. The molecule has 2 atom stereocenters. The summed E-state index contributed by atoms with van der Waals surface area (Å²) in [5, 5.41) is 4.96. The fourth-order valence-corrected chi connectivity index (χ4v) is 4.84. The molecule has 3 nitrogen and oxygen atoms in total. The topological polar surface area (TPSA) is 24.5 Å². The highest BCUT2D eigenvalue weighted by Gasteiger charge is 2.35. The predicted molar refractivity (Wildman–Crippen MR) is 79.4 cm³/mol. The lowest BCUT2D eigenvalue weighted by Gasteiger charge is -2.44. The summed E-state index contributed by atoms with van der Waals surface area (Å²) in [5.41, 5.74) is 0.439. The molecule has 2 aliphatic rings. The molecule has 0 aromatic heterocycles. The van der Waals surface area contributed by atoms with Crippen molar-refractivity contribution >= 4 is 11.8 Å². The second-order valence-electron chi connectivity index (χ2n) is 6.09. The summed E-state index contributed by atoms with van der Waals surface area (Å²) in [7, 11) is 2.08. The van der Waals surface area contributed by atoms with Crippen LogP contribution in [-0.2, 0) is 4.74 Å². The summed E-state index contributed by atoms with van der Waals surface area (Å²) in [6, 6.07) is 0. The average molecular weight is 272 g/mol. The van der Waals surface area contributed by atoms with Crippen molar-refractivity contribution in [2.24, 2.45) is 5.41 Å². The molecule has 4 heteroatoms. The fraction of sp³-hybridized carbons (Fsp3) is 1.00. The largest absolute Gasteiger partial charge is 0.381 e. The van der Waals surface area contributed by atoms with Crippen LogP contribution in [0.5, 0.6) is 0 Å². The molecule has 18 heavy (non-hydrogen) atoms. The van der Waals surface area contributed by atoms with Gasteiger partial charge < -0.3 is 15.0 Å². The minimum absolute atomic E-state index is 0.439. The third-order valence-electron chi connectivity index (χ3n) is 4.16. The van der Waals surface area contributed by atoms with Gasteiger partial charge in [-0.25, -0.2) is 0 Å². The molecular weight excluding hydrogens is 244 g/mol. The summed E-state index contributed by atoms with van der Waals surface area (Å²) in [6.07, 6.45) is 2.42. The zero-order valence-corrected chi connectivity index (χ0v) is 12.9. The number of ether oxygens (including phenoxy) is 1. The first-order valence-electron chi connectivity index (χ1n) is 7.24. The van der Waals surface area contributed by atoms with Gasteiger partial charge in [0.15, 0.2) is 0 Å². The second-order valence-corrected chi connectivity index (χ2v) is 7.98. The predicted octanol–water partition coefficient (Wildman–Crippen LogP) is 1.83. The van der Waals surface area contributed by atoms with E-state index in [1.165, 1.54) is 32.5 Å². The van der Waals surface area contributed by atoms with Crippen LogP contribution in [0.15, 0.2) is 0 Å². The Morgan fingerprint density at radius 3 is 2.39 bits per heavy atom. The average Bonchev–Trinajstić information content (AvgIpc) is 2.28. The van der Waals surface area contributed by atoms with E-state index in [2.05, 4.69) is 42.9 Å². The van der Waals surface area contributed by atoms with Gasteiger partial charge in [-0.2, -0.15) is 11.8 Å². The van der Waals surface area contributed by atoms with E-state index in [9.17, 15) is 0 Å². The molecule has 2 fully saturated rings. The Morgan fingerprint density at radius 2 is 1.83 bits per heavy atom. The Morgan fingerprint density at radius 1 is 1.22 bits per heavy atom. The summed E-state index contributed by atoms with van der Waals surface area (Å²) < 4.78 is 5.55. The molecule has 2 rings (SSSR count). The monoisotopic (exact) mass is 272 g/mol. The maximum Gasteiger partial charge on any atom is 0.0472 e. The van der Waals surface area contributed by atoms with Gasteiger partial charge in [-0.15, -0.1) is 0 Å². The van der Waals surface area contributed by atoms with E-state index < -0.39 is 0 Å². The van der Waals surface area contributed by atoms with Crippen molar-refractivity contribution in [2.75, 3.05) is 46.4 Å². The first kappa shape index (κ1) is 14.6. The summed E-state index contributed by atoms with van der Waals surface area (Å²) >= 11 is 2.14. The van der Waals surface area contributed by atoms with Crippen LogP contribution in [0.4, 0.5) is 0 Å². The van der Waals surface area contributed by atoms with Crippen molar-refractivity contribution in [3.63, 3.8) is 0 Å². The standard InChI is InChI=1S/C14H28N2OS/c1-12-8-16(9-13(2)18-12)11-14(10-15-3)4-6-17-7-5-14/h12-13,15H,4-11H2,1-3H3. The Labute approximate surface area is 116 Å². The van der Waals surface area contributed by atoms with Gasteiger partial charge in [0.1, 0.15) is 0 Å². The Hall–Kier alpha value is 0.230. The van der Waals surface area contributed by atoms with Crippen molar-refractivity contribution in [1.82, 2.24) is 10.2 Å². The Kier molecular flexibility index (Phi) is 5.36. The van der Waals surface area contributed by atoms with Crippen LogP contribution in [-0.4, -0.2) is 61.8 Å². The van der Waals surface area contributed by atoms with Gasteiger partial charge in [0, 0.05) is 49.9 Å². The van der Waals surface area contributed by atoms with E-state index >= 15 is 0 Å². The van der Waals surface area contributed by atoms with Gasteiger partial charge in [-0.3, -0.25) is 0 Å². The molecule has 2 heterocycles. The van der Waals surface area contributed by atoms with Crippen molar-refractivity contribution in [3.05, 3.63) is 0 Å². The van der Waals surface area contributed by atoms with Gasteiger partial charge in [0.05, 0.1) is 0 Å². The molecule has 0 spiro atoms. The van der Waals surface area contributed by atoms with Crippen molar-refractivity contribution in [2.45, 2.75) is 37.2 Å². The Bertz CT molecular complexity index is 241. The van der Waals surface area contributed by atoms with Crippen LogP contribution in [0.3, 0.4) is 0 Å². The van der Waals surface area contributed by atoms with Gasteiger partial charge >= 0.3 is 0 Å². The van der Waals surface area contributed by atoms with Crippen LogP contribution in [0.2, 0.25) is 0 Å². The highest BCUT2D eigenvalue weighted by molar-refractivity contribution is 8.00. The zero-order chi connectivity index (χ0) is 13.0. The molecule has 2 aliphatic heterocycles. The minimum Gasteiger partial charge on any atom is -0.381 e. The van der Waals surface area contributed by atoms with Crippen LogP contribution in [0.25, 0.3) is 0 Å². The molecule has 106 valence electrons. The molecule has 2 saturated heterocycles. The molecule has 0 amide bonds. The number of nitrogens with one attached hydrogen (secondary N) is 1. The van der Waals surface area contributed by atoms with Crippen LogP contribution < -0.4 is 5.32 Å².